The topological polar surface area (TPSA) is 80.3 Å². The molecule has 6 nitrogen and oxygen atoms in total. The van der Waals surface area contributed by atoms with E-state index in [1.165, 1.54) is 13.3 Å². The first-order valence-corrected chi connectivity index (χ1v) is 8.35. The van der Waals surface area contributed by atoms with E-state index in [0.717, 1.165) is 5.56 Å². The Morgan fingerprint density at radius 1 is 0.889 bits per heavy atom. The standard InChI is InChI=1S/C21H19N3O3/c1-14-8-10-17(23-20(25)15-6-4-3-5-7-15)12-18(14)24-21(26)16-9-11-19(27-2)22-13-16/h3-13H,1-2H3,(H,23,25)(H,24,26). The Hall–Kier alpha value is -3.67. The molecule has 2 aromatic carbocycles. The number of aryl methyl sites for hydroxylation is 1. The van der Waals surface area contributed by atoms with Gasteiger partial charge in [-0.25, -0.2) is 4.98 Å². The zero-order valence-corrected chi connectivity index (χ0v) is 15.0. The maximum atomic E-state index is 12.4. The van der Waals surface area contributed by atoms with Gasteiger partial charge < -0.3 is 15.4 Å². The molecule has 2 N–H and O–H groups in total. The molecule has 1 heterocycles. The number of amides is 2. The quantitative estimate of drug-likeness (QED) is 0.722. The summed E-state index contributed by atoms with van der Waals surface area (Å²) < 4.78 is 4.99. The molecule has 0 saturated carbocycles. The van der Waals surface area contributed by atoms with E-state index in [0.29, 0.717) is 28.4 Å². The smallest absolute Gasteiger partial charge is 0.257 e. The highest BCUT2D eigenvalue weighted by Gasteiger charge is 2.11. The summed E-state index contributed by atoms with van der Waals surface area (Å²) >= 11 is 0. The minimum absolute atomic E-state index is 0.212. The van der Waals surface area contributed by atoms with Gasteiger partial charge in [0.05, 0.1) is 12.7 Å². The van der Waals surface area contributed by atoms with Crippen LogP contribution in [0.15, 0.2) is 66.9 Å². The number of nitrogens with one attached hydrogen (secondary N) is 2. The number of ether oxygens (including phenoxy) is 1. The maximum absolute atomic E-state index is 12.4. The normalized spacial score (nSPS) is 10.1. The van der Waals surface area contributed by atoms with Crippen LogP contribution in [0.3, 0.4) is 0 Å². The van der Waals surface area contributed by atoms with Crippen LogP contribution in [-0.4, -0.2) is 23.9 Å². The van der Waals surface area contributed by atoms with Crippen LogP contribution in [0.5, 0.6) is 5.88 Å². The minimum atomic E-state index is -0.292. The van der Waals surface area contributed by atoms with Crippen molar-refractivity contribution in [1.82, 2.24) is 4.98 Å². The van der Waals surface area contributed by atoms with Crippen molar-refractivity contribution >= 4 is 23.2 Å². The van der Waals surface area contributed by atoms with Crippen molar-refractivity contribution in [1.29, 1.82) is 0 Å². The molecule has 0 spiro atoms. The number of hydrogen-bond acceptors (Lipinski definition) is 4. The van der Waals surface area contributed by atoms with Crippen molar-refractivity contribution in [2.75, 3.05) is 17.7 Å². The van der Waals surface area contributed by atoms with Gasteiger partial charge in [-0.3, -0.25) is 9.59 Å². The molecule has 0 radical (unpaired) electrons. The number of carbonyl (C=O) groups is 2. The first-order chi connectivity index (χ1) is 13.1. The third-order valence-electron chi connectivity index (χ3n) is 3.99. The predicted octanol–water partition coefficient (Wildman–Crippen LogP) is 3.90. The Morgan fingerprint density at radius 2 is 1.63 bits per heavy atom. The van der Waals surface area contributed by atoms with Crippen molar-refractivity contribution in [2.24, 2.45) is 0 Å². The number of aromatic nitrogens is 1. The second-order valence-corrected chi connectivity index (χ2v) is 5.89. The van der Waals surface area contributed by atoms with Gasteiger partial charge in [0.2, 0.25) is 5.88 Å². The van der Waals surface area contributed by atoms with E-state index >= 15 is 0 Å². The van der Waals surface area contributed by atoms with Gasteiger partial charge in [0, 0.05) is 29.2 Å². The summed E-state index contributed by atoms with van der Waals surface area (Å²) in [6.07, 6.45) is 1.45. The molecule has 0 bridgehead atoms. The van der Waals surface area contributed by atoms with Crippen LogP contribution in [0.2, 0.25) is 0 Å². The lowest BCUT2D eigenvalue weighted by Gasteiger charge is -2.12. The van der Waals surface area contributed by atoms with Crippen LogP contribution in [0.1, 0.15) is 26.3 Å². The van der Waals surface area contributed by atoms with Gasteiger partial charge in [0.15, 0.2) is 0 Å². The van der Waals surface area contributed by atoms with Gasteiger partial charge in [-0.2, -0.15) is 0 Å². The third-order valence-corrected chi connectivity index (χ3v) is 3.99. The van der Waals surface area contributed by atoms with E-state index in [4.69, 9.17) is 4.74 Å². The van der Waals surface area contributed by atoms with Crippen LogP contribution in [0.25, 0.3) is 0 Å². The van der Waals surface area contributed by atoms with Crippen molar-refractivity contribution in [3.05, 3.63) is 83.6 Å². The Balaban J connectivity index is 1.74. The summed E-state index contributed by atoms with van der Waals surface area (Å²) in [5, 5.41) is 5.68. The van der Waals surface area contributed by atoms with Gasteiger partial charge in [-0.15, -0.1) is 0 Å². The molecule has 0 fully saturated rings. The Kier molecular flexibility index (Phi) is 5.47. The molecule has 136 valence electrons. The second kappa shape index (κ2) is 8.14. The van der Waals surface area contributed by atoms with Gasteiger partial charge in [0.25, 0.3) is 11.8 Å². The second-order valence-electron chi connectivity index (χ2n) is 5.89. The Morgan fingerprint density at radius 3 is 2.30 bits per heavy atom. The number of methoxy groups -OCH3 is 1. The molecule has 0 aliphatic rings. The van der Waals surface area contributed by atoms with E-state index in [9.17, 15) is 9.59 Å². The van der Waals surface area contributed by atoms with Gasteiger partial charge in [-0.05, 0) is 42.8 Å². The van der Waals surface area contributed by atoms with Gasteiger partial charge in [-0.1, -0.05) is 24.3 Å². The highest BCUT2D eigenvalue weighted by atomic mass is 16.5. The molecule has 0 saturated heterocycles. The number of hydrogen-bond donors (Lipinski definition) is 2. The average Bonchev–Trinajstić information content (AvgIpc) is 2.71. The number of rotatable bonds is 5. The zero-order valence-electron chi connectivity index (χ0n) is 15.0. The molecule has 6 heteroatoms. The number of pyridine rings is 1. The number of nitrogens with zero attached hydrogens (tertiary/aromatic N) is 1. The Labute approximate surface area is 157 Å². The van der Waals surface area contributed by atoms with Crippen molar-refractivity contribution in [2.45, 2.75) is 6.92 Å². The number of benzene rings is 2. The fraction of sp³-hybridized carbons (Fsp3) is 0.0952. The average molecular weight is 361 g/mol. The molecule has 0 unspecified atom stereocenters. The van der Waals surface area contributed by atoms with Crippen LogP contribution in [0, 0.1) is 6.92 Å². The summed E-state index contributed by atoms with van der Waals surface area (Å²) in [5.41, 5.74) is 3.06. The molecular formula is C21H19N3O3. The molecule has 1 aromatic heterocycles. The molecule has 0 atom stereocenters. The van der Waals surface area contributed by atoms with Crippen molar-refractivity contribution in [3.63, 3.8) is 0 Å². The van der Waals surface area contributed by atoms with Crippen LogP contribution >= 0.6 is 0 Å². The van der Waals surface area contributed by atoms with Crippen molar-refractivity contribution in [3.8, 4) is 5.88 Å². The van der Waals surface area contributed by atoms with Gasteiger partial charge >= 0.3 is 0 Å². The minimum Gasteiger partial charge on any atom is -0.481 e. The first-order valence-electron chi connectivity index (χ1n) is 8.35. The van der Waals surface area contributed by atoms with E-state index in [2.05, 4.69) is 15.6 Å². The monoisotopic (exact) mass is 361 g/mol. The van der Waals surface area contributed by atoms with Crippen LogP contribution in [0.4, 0.5) is 11.4 Å². The summed E-state index contributed by atoms with van der Waals surface area (Å²) in [6, 6.07) is 17.6. The highest BCUT2D eigenvalue weighted by molar-refractivity contribution is 6.06. The Bertz CT molecular complexity index is 954. The highest BCUT2D eigenvalue weighted by Crippen LogP contribution is 2.22. The largest absolute Gasteiger partial charge is 0.481 e. The summed E-state index contributed by atoms with van der Waals surface area (Å²) in [6.45, 7) is 1.88. The fourth-order valence-electron chi connectivity index (χ4n) is 2.46. The molecule has 2 amide bonds. The molecular weight excluding hydrogens is 342 g/mol. The van der Waals surface area contributed by atoms with E-state index in [1.807, 2.05) is 19.1 Å². The summed E-state index contributed by atoms with van der Waals surface area (Å²) in [4.78, 5) is 28.8. The first kappa shape index (κ1) is 18.1. The molecule has 3 aromatic rings. The van der Waals surface area contributed by atoms with Crippen LogP contribution < -0.4 is 15.4 Å². The molecule has 0 aliphatic carbocycles. The van der Waals surface area contributed by atoms with E-state index in [-0.39, 0.29) is 11.8 Å². The third kappa shape index (κ3) is 4.49. The van der Waals surface area contributed by atoms with E-state index < -0.39 is 0 Å². The lowest BCUT2D eigenvalue weighted by molar-refractivity contribution is 0.101. The number of anilines is 2. The lowest BCUT2D eigenvalue weighted by Crippen LogP contribution is -2.15. The lowest BCUT2D eigenvalue weighted by atomic mass is 10.1. The molecule has 3 rings (SSSR count). The summed E-state index contributed by atoms with van der Waals surface area (Å²) in [7, 11) is 1.51. The van der Waals surface area contributed by atoms with Crippen molar-refractivity contribution < 1.29 is 14.3 Å². The van der Waals surface area contributed by atoms with Gasteiger partial charge in [0.1, 0.15) is 0 Å². The maximum Gasteiger partial charge on any atom is 0.257 e. The van der Waals surface area contributed by atoms with Crippen LogP contribution in [-0.2, 0) is 0 Å². The zero-order chi connectivity index (χ0) is 19.2. The molecule has 27 heavy (non-hydrogen) atoms. The SMILES string of the molecule is COc1ccc(C(=O)Nc2cc(NC(=O)c3ccccc3)ccc2C)cn1. The number of carbonyl (C=O) groups excluding carboxylic acids is 2. The van der Waals surface area contributed by atoms with E-state index in [1.54, 1.807) is 48.5 Å². The predicted molar refractivity (Wildman–Crippen MR) is 104 cm³/mol. The fourth-order valence-corrected chi connectivity index (χ4v) is 2.46. The molecule has 0 aliphatic heterocycles. The summed E-state index contributed by atoms with van der Waals surface area (Å²) in [5.74, 6) is -0.0655.